The van der Waals surface area contributed by atoms with Gasteiger partial charge in [0.15, 0.2) is 11.5 Å². The molecule has 3 rings (SSSR count). The number of sulfonamides is 1. The second-order valence-electron chi connectivity index (χ2n) is 8.42. The highest BCUT2D eigenvalue weighted by molar-refractivity contribution is 7.92. The highest BCUT2D eigenvalue weighted by Crippen LogP contribution is 2.32. The normalized spacial score (nSPS) is 11.0. The molecule has 0 aromatic heterocycles. The van der Waals surface area contributed by atoms with Crippen LogP contribution in [0.25, 0.3) is 0 Å². The summed E-state index contributed by atoms with van der Waals surface area (Å²) in [4.78, 5) is 12.8. The van der Waals surface area contributed by atoms with E-state index in [1.165, 1.54) is 32.4 Å². The van der Waals surface area contributed by atoms with Crippen LogP contribution in [0.1, 0.15) is 18.1 Å². The zero-order valence-corrected chi connectivity index (χ0v) is 23.1. The van der Waals surface area contributed by atoms with Gasteiger partial charge in [0.2, 0.25) is 5.91 Å². The van der Waals surface area contributed by atoms with Crippen LogP contribution in [0.3, 0.4) is 0 Å². The molecule has 204 valence electrons. The first kappa shape index (κ1) is 28.6. The zero-order chi connectivity index (χ0) is 27.7. The number of benzene rings is 3. The number of carbonyl (C=O) groups excluding carboxylic acids is 1. The molecule has 0 aliphatic rings. The fraction of sp³-hybridized carbons (Fsp3) is 0.321. The van der Waals surface area contributed by atoms with E-state index >= 15 is 0 Å². The lowest BCUT2D eigenvalue weighted by Crippen LogP contribution is -2.42. The van der Waals surface area contributed by atoms with E-state index in [4.69, 9.17) is 18.9 Å². The smallest absolute Gasteiger partial charge is 0.264 e. The number of amides is 1. The van der Waals surface area contributed by atoms with Crippen LogP contribution in [0.5, 0.6) is 23.0 Å². The molecule has 0 saturated heterocycles. The Bertz CT molecular complexity index is 1340. The topological polar surface area (TPSA) is 103 Å². The lowest BCUT2D eigenvalue weighted by molar-refractivity contribution is -0.119. The minimum absolute atomic E-state index is 0.0463. The number of anilines is 1. The van der Waals surface area contributed by atoms with Crippen molar-refractivity contribution in [3.8, 4) is 23.0 Å². The maximum absolute atomic E-state index is 13.7. The van der Waals surface area contributed by atoms with Crippen LogP contribution >= 0.6 is 0 Å². The number of nitrogens with one attached hydrogen (secondary N) is 1. The molecule has 1 amide bonds. The van der Waals surface area contributed by atoms with Crippen molar-refractivity contribution in [2.75, 3.05) is 44.8 Å². The second kappa shape index (κ2) is 13.0. The Labute approximate surface area is 224 Å². The van der Waals surface area contributed by atoms with E-state index in [-0.39, 0.29) is 23.8 Å². The third-order valence-corrected chi connectivity index (χ3v) is 7.45. The summed E-state index contributed by atoms with van der Waals surface area (Å²) in [5.41, 5.74) is 2.44. The number of nitrogens with zero attached hydrogens (tertiary/aromatic N) is 1. The van der Waals surface area contributed by atoms with Crippen molar-refractivity contribution in [3.63, 3.8) is 0 Å². The van der Waals surface area contributed by atoms with Gasteiger partial charge in [0, 0.05) is 6.07 Å². The Morgan fingerprint density at radius 2 is 1.55 bits per heavy atom. The number of aryl methyl sites for hydroxylation is 2. The first-order valence-corrected chi connectivity index (χ1v) is 13.6. The van der Waals surface area contributed by atoms with Crippen LogP contribution < -0.4 is 28.6 Å². The van der Waals surface area contributed by atoms with Gasteiger partial charge in [-0.3, -0.25) is 9.10 Å². The summed E-state index contributed by atoms with van der Waals surface area (Å²) in [5.74, 6) is 1.49. The summed E-state index contributed by atoms with van der Waals surface area (Å²) in [7, 11) is -1.26. The molecule has 0 fully saturated rings. The van der Waals surface area contributed by atoms with Gasteiger partial charge < -0.3 is 24.3 Å². The molecule has 0 bridgehead atoms. The first-order valence-electron chi connectivity index (χ1n) is 12.1. The molecule has 0 saturated carbocycles. The van der Waals surface area contributed by atoms with Gasteiger partial charge in [0.1, 0.15) is 24.7 Å². The molecule has 1 N–H and O–H groups in total. The second-order valence-corrected chi connectivity index (χ2v) is 10.3. The largest absolute Gasteiger partial charge is 0.494 e. The van der Waals surface area contributed by atoms with Crippen molar-refractivity contribution in [1.82, 2.24) is 5.32 Å². The summed E-state index contributed by atoms with van der Waals surface area (Å²) < 4.78 is 50.2. The van der Waals surface area contributed by atoms with Crippen molar-refractivity contribution in [2.45, 2.75) is 25.7 Å². The number of hydrogen-bond donors (Lipinski definition) is 1. The maximum Gasteiger partial charge on any atom is 0.264 e. The Kier molecular flexibility index (Phi) is 9.84. The van der Waals surface area contributed by atoms with Crippen LogP contribution in [-0.2, 0) is 14.8 Å². The number of methoxy groups -OCH3 is 2. The number of ether oxygens (including phenoxy) is 4. The quantitative estimate of drug-likeness (QED) is 0.324. The highest BCUT2D eigenvalue weighted by atomic mass is 32.2. The van der Waals surface area contributed by atoms with E-state index in [0.29, 0.717) is 23.8 Å². The van der Waals surface area contributed by atoms with Gasteiger partial charge >= 0.3 is 0 Å². The van der Waals surface area contributed by atoms with E-state index < -0.39 is 22.5 Å². The highest BCUT2D eigenvalue weighted by Gasteiger charge is 2.28. The fourth-order valence-corrected chi connectivity index (χ4v) is 5.23. The summed E-state index contributed by atoms with van der Waals surface area (Å²) in [5, 5.41) is 2.74. The van der Waals surface area contributed by atoms with Crippen molar-refractivity contribution < 1.29 is 32.2 Å². The van der Waals surface area contributed by atoms with E-state index in [0.717, 1.165) is 21.2 Å². The summed E-state index contributed by atoms with van der Waals surface area (Å²) in [6.07, 6.45) is 0. The Hall–Kier alpha value is -3.92. The Morgan fingerprint density at radius 3 is 2.18 bits per heavy atom. The van der Waals surface area contributed by atoms with Gasteiger partial charge in [0.25, 0.3) is 10.0 Å². The van der Waals surface area contributed by atoms with Crippen LogP contribution in [0.15, 0.2) is 65.6 Å². The lowest BCUT2D eigenvalue weighted by Gasteiger charge is -2.25. The van der Waals surface area contributed by atoms with Crippen LogP contribution in [0.2, 0.25) is 0 Å². The van der Waals surface area contributed by atoms with E-state index in [9.17, 15) is 13.2 Å². The van der Waals surface area contributed by atoms with Gasteiger partial charge in [-0.15, -0.1) is 0 Å². The fourth-order valence-electron chi connectivity index (χ4n) is 3.79. The lowest BCUT2D eigenvalue weighted by atomic mass is 10.1. The van der Waals surface area contributed by atoms with Crippen molar-refractivity contribution in [3.05, 3.63) is 71.8 Å². The standard InChI is InChI=1S/C28H34N2O7S/c1-6-36-23-10-8-22(9-11-23)30(38(32,33)24-12-14-26(34-4)27(18-24)35-5)19-28(31)29-15-16-37-25-13-7-20(2)17-21(25)3/h7-14,17-18H,6,15-16,19H2,1-5H3,(H,29,31). The van der Waals surface area contributed by atoms with Crippen molar-refractivity contribution in [1.29, 1.82) is 0 Å². The molecule has 0 atom stereocenters. The molecule has 0 radical (unpaired) electrons. The Morgan fingerprint density at radius 1 is 0.868 bits per heavy atom. The van der Waals surface area contributed by atoms with Gasteiger partial charge in [-0.2, -0.15) is 0 Å². The molecule has 38 heavy (non-hydrogen) atoms. The summed E-state index contributed by atoms with van der Waals surface area (Å²) in [6.45, 7) is 6.29. The van der Waals surface area contributed by atoms with Gasteiger partial charge in [-0.1, -0.05) is 17.7 Å². The van der Waals surface area contributed by atoms with Gasteiger partial charge in [-0.25, -0.2) is 8.42 Å². The molecule has 10 heteroatoms. The first-order chi connectivity index (χ1) is 18.2. The van der Waals surface area contributed by atoms with Crippen LogP contribution in [-0.4, -0.2) is 54.8 Å². The van der Waals surface area contributed by atoms with Crippen molar-refractivity contribution >= 4 is 21.6 Å². The predicted molar refractivity (Wildman–Crippen MR) is 146 cm³/mol. The van der Waals surface area contributed by atoms with Gasteiger partial charge in [0.05, 0.1) is 38.0 Å². The molecule has 0 spiro atoms. The molecule has 0 aliphatic heterocycles. The van der Waals surface area contributed by atoms with E-state index in [2.05, 4.69) is 5.32 Å². The molecule has 0 heterocycles. The molecule has 0 aliphatic carbocycles. The number of rotatable bonds is 13. The SMILES string of the molecule is CCOc1ccc(N(CC(=O)NCCOc2ccc(C)cc2C)S(=O)(=O)c2ccc(OC)c(OC)c2)cc1. The molecule has 3 aromatic carbocycles. The third kappa shape index (κ3) is 7.10. The summed E-state index contributed by atoms with van der Waals surface area (Å²) >= 11 is 0. The average Bonchev–Trinajstić information content (AvgIpc) is 2.91. The minimum atomic E-state index is -4.15. The van der Waals surface area contributed by atoms with E-state index in [1.54, 1.807) is 24.3 Å². The monoisotopic (exact) mass is 542 g/mol. The molecular formula is C28H34N2O7S. The maximum atomic E-state index is 13.7. The molecule has 9 nitrogen and oxygen atoms in total. The summed E-state index contributed by atoms with van der Waals surface area (Å²) in [6, 6.07) is 16.6. The zero-order valence-electron chi connectivity index (χ0n) is 22.3. The van der Waals surface area contributed by atoms with Gasteiger partial charge in [-0.05, 0) is 68.8 Å². The number of carbonyl (C=O) groups is 1. The van der Waals surface area contributed by atoms with Crippen LogP contribution in [0.4, 0.5) is 5.69 Å². The minimum Gasteiger partial charge on any atom is -0.494 e. The molecule has 0 unspecified atom stereocenters. The van der Waals surface area contributed by atoms with Crippen molar-refractivity contribution in [2.24, 2.45) is 0 Å². The molecular weight excluding hydrogens is 508 g/mol. The number of hydrogen-bond acceptors (Lipinski definition) is 7. The van der Waals surface area contributed by atoms with Crippen LogP contribution in [0, 0.1) is 13.8 Å². The van der Waals surface area contributed by atoms with E-state index in [1.807, 2.05) is 39.0 Å². The Balaban J connectivity index is 1.79. The average molecular weight is 543 g/mol. The third-order valence-electron chi connectivity index (χ3n) is 5.68. The predicted octanol–water partition coefficient (Wildman–Crippen LogP) is 4.11. The molecule has 3 aromatic rings.